The number of nitrogens with zero attached hydrogens (tertiary/aromatic N) is 3. The van der Waals surface area contributed by atoms with Crippen LogP contribution in [0.3, 0.4) is 0 Å². The van der Waals surface area contributed by atoms with Gasteiger partial charge < -0.3 is 15.0 Å². The van der Waals surface area contributed by atoms with Crippen molar-refractivity contribution in [3.8, 4) is 0 Å². The van der Waals surface area contributed by atoms with Crippen LogP contribution in [0.1, 0.15) is 29.1 Å². The number of hydrogen-bond donors (Lipinski definition) is 1. The molecule has 7 nitrogen and oxygen atoms in total. The van der Waals surface area contributed by atoms with Gasteiger partial charge in [-0.3, -0.25) is 14.5 Å². The molecule has 3 heterocycles. The number of amides is 2. The second-order valence-corrected chi connectivity index (χ2v) is 8.82. The van der Waals surface area contributed by atoms with Gasteiger partial charge in [-0.15, -0.1) is 11.3 Å². The molecule has 1 aromatic heterocycles. The Kier molecular flexibility index (Phi) is 6.76. The molecule has 160 valence electrons. The van der Waals surface area contributed by atoms with Gasteiger partial charge >= 0.3 is 0 Å². The first-order valence-electron chi connectivity index (χ1n) is 10.5. The Labute approximate surface area is 181 Å². The summed E-state index contributed by atoms with van der Waals surface area (Å²) in [5.41, 5.74) is 2.87. The van der Waals surface area contributed by atoms with Crippen LogP contribution in [-0.2, 0) is 27.3 Å². The lowest BCUT2D eigenvalue weighted by Gasteiger charge is -2.35. The average molecular weight is 429 g/mol. The highest BCUT2D eigenvalue weighted by molar-refractivity contribution is 7.09. The predicted octanol–water partition coefficient (Wildman–Crippen LogP) is 2.46. The first-order chi connectivity index (χ1) is 14.6. The first-order valence-corrected chi connectivity index (χ1v) is 11.4. The Balaban J connectivity index is 1.23. The van der Waals surface area contributed by atoms with Crippen LogP contribution < -0.4 is 5.32 Å². The molecule has 0 spiro atoms. The SMILES string of the molecule is Cc1ccccc1NC(=O)Cc1nc(CN2CCN(C(=O)C3CCCO3)CC2)cs1. The molecule has 4 rings (SSSR count). The van der Waals surface area contributed by atoms with Crippen LogP contribution in [-0.4, -0.2) is 65.5 Å². The third-order valence-electron chi connectivity index (χ3n) is 5.60. The summed E-state index contributed by atoms with van der Waals surface area (Å²) in [5.74, 6) is 0.0919. The number of aryl methyl sites for hydroxylation is 1. The van der Waals surface area contributed by atoms with Crippen molar-refractivity contribution in [2.75, 3.05) is 38.1 Å². The van der Waals surface area contributed by atoms with E-state index >= 15 is 0 Å². The summed E-state index contributed by atoms with van der Waals surface area (Å²) in [6.07, 6.45) is 1.87. The lowest BCUT2D eigenvalue weighted by molar-refractivity contribution is -0.142. The number of rotatable bonds is 6. The normalized spacial score (nSPS) is 19.8. The molecular formula is C22H28N4O3S. The van der Waals surface area contributed by atoms with Gasteiger partial charge in [0.25, 0.3) is 5.91 Å². The van der Waals surface area contributed by atoms with Gasteiger partial charge in [0.05, 0.1) is 12.1 Å². The van der Waals surface area contributed by atoms with Crippen molar-refractivity contribution in [1.82, 2.24) is 14.8 Å². The number of anilines is 1. The smallest absolute Gasteiger partial charge is 0.251 e. The zero-order valence-corrected chi connectivity index (χ0v) is 18.1. The maximum absolute atomic E-state index is 12.5. The van der Waals surface area contributed by atoms with Crippen LogP contribution >= 0.6 is 11.3 Å². The molecule has 8 heteroatoms. The van der Waals surface area contributed by atoms with Gasteiger partial charge in [0, 0.05) is 50.4 Å². The second-order valence-electron chi connectivity index (χ2n) is 7.88. The van der Waals surface area contributed by atoms with Crippen molar-refractivity contribution in [2.24, 2.45) is 0 Å². The van der Waals surface area contributed by atoms with Crippen molar-refractivity contribution >= 4 is 28.8 Å². The van der Waals surface area contributed by atoms with Crippen molar-refractivity contribution in [3.63, 3.8) is 0 Å². The number of carbonyl (C=O) groups excluding carboxylic acids is 2. The minimum Gasteiger partial charge on any atom is -0.368 e. The molecule has 2 saturated heterocycles. The number of thiazole rings is 1. The summed E-state index contributed by atoms with van der Waals surface area (Å²) in [7, 11) is 0. The van der Waals surface area contributed by atoms with Crippen LogP contribution in [0.4, 0.5) is 5.69 Å². The number of ether oxygens (including phenoxy) is 1. The predicted molar refractivity (Wildman–Crippen MR) is 116 cm³/mol. The Morgan fingerprint density at radius 1 is 1.23 bits per heavy atom. The molecular weight excluding hydrogens is 400 g/mol. The van der Waals surface area contributed by atoms with E-state index < -0.39 is 0 Å². The third kappa shape index (κ3) is 5.24. The molecule has 1 N–H and O–H groups in total. The number of nitrogens with one attached hydrogen (secondary N) is 1. The van der Waals surface area contributed by atoms with Crippen molar-refractivity contribution in [3.05, 3.63) is 45.9 Å². The number of carbonyl (C=O) groups is 2. The van der Waals surface area contributed by atoms with Crippen LogP contribution in [0.2, 0.25) is 0 Å². The van der Waals surface area contributed by atoms with Gasteiger partial charge in [-0.05, 0) is 31.4 Å². The zero-order chi connectivity index (χ0) is 20.9. The number of aromatic nitrogens is 1. The number of para-hydroxylation sites is 1. The van der Waals surface area contributed by atoms with Crippen LogP contribution in [0.25, 0.3) is 0 Å². The van der Waals surface area contributed by atoms with E-state index in [2.05, 4.69) is 15.2 Å². The standard InChI is InChI=1S/C22H28N4O3S/c1-16-5-2-3-6-18(16)24-20(27)13-21-23-17(15-30-21)14-25-8-10-26(11-9-25)22(28)19-7-4-12-29-19/h2-3,5-6,15,19H,4,7-14H2,1H3,(H,24,27). The van der Waals surface area contributed by atoms with E-state index in [1.165, 1.54) is 11.3 Å². The molecule has 0 saturated carbocycles. The van der Waals surface area contributed by atoms with E-state index in [0.29, 0.717) is 6.61 Å². The van der Waals surface area contributed by atoms with E-state index in [1.807, 2.05) is 41.5 Å². The summed E-state index contributed by atoms with van der Waals surface area (Å²) >= 11 is 1.52. The fourth-order valence-electron chi connectivity index (χ4n) is 3.88. The van der Waals surface area contributed by atoms with Gasteiger partial charge in [-0.25, -0.2) is 4.98 Å². The van der Waals surface area contributed by atoms with Gasteiger partial charge in [0.15, 0.2) is 0 Å². The van der Waals surface area contributed by atoms with Crippen LogP contribution in [0.15, 0.2) is 29.6 Å². The number of benzene rings is 1. The molecule has 1 atom stereocenters. The number of piperazine rings is 1. The molecule has 2 aromatic rings. The fourth-order valence-corrected chi connectivity index (χ4v) is 4.66. The van der Waals surface area contributed by atoms with E-state index in [4.69, 9.17) is 4.74 Å². The Morgan fingerprint density at radius 2 is 2.03 bits per heavy atom. The maximum atomic E-state index is 12.5. The van der Waals surface area contributed by atoms with Gasteiger partial charge in [0.1, 0.15) is 11.1 Å². The maximum Gasteiger partial charge on any atom is 0.251 e. The quantitative estimate of drug-likeness (QED) is 0.765. The third-order valence-corrected chi connectivity index (χ3v) is 6.50. The lowest BCUT2D eigenvalue weighted by atomic mass is 10.2. The summed E-state index contributed by atoms with van der Waals surface area (Å²) in [6.45, 7) is 6.55. The molecule has 1 aromatic carbocycles. The van der Waals surface area contributed by atoms with E-state index in [0.717, 1.165) is 67.5 Å². The summed E-state index contributed by atoms with van der Waals surface area (Å²) in [4.78, 5) is 33.7. The molecule has 2 aliphatic heterocycles. The minimum atomic E-state index is -0.233. The van der Waals surface area contributed by atoms with E-state index in [9.17, 15) is 9.59 Å². The van der Waals surface area contributed by atoms with Crippen molar-refractivity contribution in [1.29, 1.82) is 0 Å². The first kappa shape index (κ1) is 21.0. The highest BCUT2D eigenvalue weighted by Gasteiger charge is 2.30. The summed E-state index contributed by atoms with van der Waals surface area (Å²) < 4.78 is 5.52. The highest BCUT2D eigenvalue weighted by atomic mass is 32.1. The Hall–Kier alpha value is -2.29. The second kappa shape index (κ2) is 9.68. The Morgan fingerprint density at radius 3 is 2.77 bits per heavy atom. The van der Waals surface area contributed by atoms with Crippen LogP contribution in [0, 0.1) is 6.92 Å². The zero-order valence-electron chi connectivity index (χ0n) is 17.3. The molecule has 2 fully saturated rings. The molecule has 30 heavy (non-hydrogen) atoms. The molecule has 0 bridgehead atoms. The molecule has 2 amide bonds. The molecule has 1 unspecified atom stereocenters. The van der Waals surface area contributed by atoms with Gasteiger partial charge in [-0.2, -0.15) is 0 Å². The van der Waals surface area contributed by atoms with Gasteiger partial charge in [-0.1, -0.05) is 18.2 Å². The monoisotopic (exact) mass is 428 g/mol. The highest BCUT2D eigenvalue weighted by Crippen LogP contribution is 2.18. The summed E-state index contributed by atoms with van der Waals surface area (Å²) in [6, 6.07) is 7.75. The number of hydrogen-bond acceptors (Lipinski definition) is 6. The molecule has 2 aliphatic rings. The van der Waals surface area contributed by atoms with E-state index in [1.54, 1.807) is 0 Å². The fraction of sp³-hybridized carbons (Fsp3) is 0.500. The van der Waals surface area contributed by atoms with Gasteiger partial charge in [0.2, 0.25) is 5.91 Å². The van der Waals surface area contributed by atoms with E-state index in [-0.39, 0.29) is 24.3 Å². The van der Waals surface area contributed by atoms with Crippen molar-refractivity contribution < 1.29 is 14.3 Å². The van der Waals surface area contributed by atoms with Crippen molar-refractivity contribution in [2.45, 2.75) is 38.8 Å². The topological polar surface area (TPSA) is 74.8 Å². The average Bonchev–Trinajstić information content (AvgIpc) is 3.42. The lowest BCUT2D eigenvalue weighted by Crippen LogP contribution is -2.51. The van der Waals surface area contributed by atoms with Crippen LogP contribution in [0.5, 0.6) is 0 Å². The summed E-state index contributed by atoms with van der Waals surface area (Å²) in [5, 5.41) is 5.81. The largest absolute Gasteiger partial charge is 0.368 e. The minimum absolute atomic E-state index is 0.0496. The molecule has 0 aliphatic carbocycles. The molecule has 0 radical (unpaired) electrons. The Bertz CT molecular complexity index is 886.